The van der Waals surface area contributed by atoms with Crippen molar-refractivity contribution in [2.45, 2.75) is 13.5 Å². The van der Waals surface area contributed by atoms with Crippen LogP contribution in [0.15, 0.2) is 72.9 Å². The number of phenolic OH excluding ortho intramolecular Hbond substituents is 1. The van der Waals surface area contributed by atoms with Crippen LogP contribution < -0.4 is 15.4 Å². The second kappa shape index (κ2) is 12.3. The molecule has 0 radical (unpaired) electrons. The average molecular weight is 542 g/mol. The number of aromatic hydroxyl groups is 1. The largest absolute Gasteiger partial charge is 0.506 e. The molecule has 0 aliphatic heterocycles. The van der Waals surface area contributed by atoms with Crippen molar-refractivity contribution in [2.24, 2.45) is 0 Å². The van der Waals surface area contributed by atoms with Crippen LogP contribution in [0.5, 0.6) is 11.5 Å². The number of ether oxygens (including phenoxy) is 1. The first-order valence-corrected chi connectivity index (χ1v) is 12.5. The summed E-state index contributed by atoms with van der Waals surface area (Å²) in [7, 11) is 3.79. The van der Waals surface area contributed by atoms with Gasteiger partial charge in [0.1, 0.15) is 24.2 Å². The Labute approximate surface area is 232 Å². The zero-order valence-electron chi connectivity index (χ0n) is 21.8. The van der Waals surface area contributed by atoms with Gasteiger partial charge in [0.05, 0.1) is 27.5 Å². The first-order chi connectivity index (χ1) is 18.7. The number of carbonyl (C=O) groups is 1. The highest BCUT2D eigenvalue weighted by atomic mass is 35.5. The third kappa shape index (κ3) is 6.85. The SMILES string of the molecule is Cc1ccccc1COc1ccc(Nc2c(C#N)cnc3cc(O)c(NC(=O)/C=C/CN(C)C)cc23)cc1Cl. The zero-order chi connectivity index (χ0) is 27.9. The number of nitrogens with one attached hydrogen (secondary N) is 2. The molecule has 0 spiro atoms. The Balaban J connectivity index is 1.60. The number of fused-ring (bicyclic) bond motifs is 1. The van der Waals surface area contributed by atoms with Gasteiger partial charge >= 0.3 is 0 Å². The molecule has 9 heteroatoms. The molecule has 0 bridgehead atoms. The Kier molecular flexibility index (Phi) is 8.67. The summed E-state index contributed by atoms with van der Waals surface area (Å²) < 4.78 is 5.93. The van der Waals surface area contributed by atoms with Gasteiger partial charge in [0.25, 0.3) is 0 Å². The highest BCUT2D eigenvalue weighted by molar-refractivity contribution is 6.32. The molecule has 4 aromatic rings. The Morgan fingerprint density at radius 2 is 2.00 bits per heavy atom. The van der Waals surface area contributed by atoms with Crippen molar-refractivity contribution in [1.29, 1.82) is 5.26 Å². The molecule has 8 nitrogen and oxygen atoms in total. The lowest BCUT2D eigenvalue weighted by atomic mass is 10.1. The number of aryl methyl sites for hydroxylation is 1. The van der Waals surface area contributed by atoms with Crippen LogP contribution in [0.1, 0.15) is 16.7 Å². The number of carbonyl (C=O) groups excluding carboxylic acids is 1. The highest BCUT2D eigenvalue weighted by Gasteiger charge is 2.15. The number of phenols is 1. The van der Waals surface area contributed by atoms with Crippen LogP contribution in [-0.2, 0) is 11.4 Å². The molecule has 4 rings (SSSR count). The van der Waals surface area contributed by atoms with Gasteiger partial charge in [0.15, 0.2) is 0 Å². The lowest BCUT2D eigenvalue weighted by Crippen LogP contribution is -2.13. The van der Waals surface area contributed by atoms with Crippen molar-refractivity contribution in [3.05, 3.63) is 94.7 Å². The van der Waals surface area contributed by atoms with Gasteiger partial charge in [-0.1, -0.05) is 41.9 Å². The Morgan fingerprint density at radius 3 is 2.72 bits per heavy atom. The fraction of sp³-hybridized carbons (Fsp3) is 0.167. The van der Waals surface area contributed by atoms with Crippen LogP contribution in [-0.4, -0.2) is 41.5 Å². The molecule has 0 aliphatic rings. The van der Waals surface area contributed by atoms with Crippen LogP contribution in [0, 0.1) is 18.3 Å². The molecule has 0 atom stereocenters. The number of benzene rings is 3. The number of pyridine rings is 1. The summed E-state index contributed by atoms with van der Waals surface area (Å²) in [5, 5.41) is 27.1. The topological polar surface area (TPSA) is 111 Å². The van der Waals surface area contributed by atoms with Gasteiger partial charge in [-0.25, -0.2) is 0 Å². The van der Waals surface area contributed by atoms with Crippen LogP contribution in [0.3, 0.4) is 0 Å². The van der Waals surface area contributed by atoms with Crippen molar-refractivity contribution in [2.75, 3.05) is 31.3 Å². The second-order valence-corrected chi connectivity index (χ2v) is 9.59. The van der Waals surface area contributed by atoms with E-state index in [-0.39, 0.29) is 17.0 Å². The van der Waals surface area contributed by atoms with Crippen molar-refractivity contribution < 1.29 is 14.6 Å². The Morgan fingerprint density at radius 1 is 1.21 bits per heavy atom. The van der Waals surface area contributed by atoms with Crippen LogP contribution >= 0.6 is 11.6 Å². The number of nitriles is 1. The van der Waals surface area contributed by atoms with Gasteiger partial charge in [-0.3, -0.25) is 9.78 Å². The lowest BCUT2D eigenvalue weighted by molar-refractivity contribution is -0.111. The van der Waals surface area contributed by atoms with Crippen molar-refractivity contribution in [1.82, 2.24) is 9.88 Å². The molecular formula is C30H28ClN5O3. The summed E-state index contributed by atoms with van der Waals surface area (Å²) in [6, 6.07) is 18.4. The monoisotopic (exact) mass is 541 g/mol. The number of likely N-dealkylation sites (N-methyl/N-ethyl adjacent to an activating group) is 1. The Hall–Kier alpha value is -4.58. The molecule has 3 N–H and O–H groups in total. The van der Waals surface area contributed by atoms with E-state index in [0.29, 0.717) is 46.2 Å². The van der Waals surface area contributed by atoms with Gasteiger partial charge in [0, 0.05) is 36.0 Å². The normalized spacial score (nSPS) is 11.1. The van der Waals surface area contributed by atoms with E-state index in [4.69, 9.17) is 16.3 Å². The second-order valence-electron chi connectivity index (χ2n) is 9.18. The maximum absolute atomic E-state index is 12.4. The molecule has 0 saturated carbocycles. The van der Waals surface area contributed by atoms with Crippen LogP contribution in [0.2, 0.25) is 5.02 Å². The fourth-order valence-electron chi connectivity index (χ4n) is 3.86. The smallest absolute Gasteiger partial charge is 0.248 e. The molecule has 0 fully saturated rings. The van der Waals surface area contributed by atoms with E-state index in [0.717, 1.165) is 11.1 Å². The van der Waals surface area contributed by atoms with Gasteiger partial charge in [-0.15, -0.1) is 0 Å². The molecule has 1 aromatic heterocycles. The summed E-state index contributed by atoms with van der Waals surface area (Å²) in [6.07, 6.45) is 4.54. The molecule has 198 valence electrons. The fourth-order valence-corrected chi connectivity index (χ4v) is 4.10. The molecule has 1 amide bonds. The molecule has 3 aromatic carbocycles. The average Bonchev–Trinajstić information content (AvgIpc) is 2.89. The van der Waals surface area contributed by atoms with Crippen molar-refractivity contribution in [3.8, 4) is 17.6 Å². The first-order valence-electron chi connectivity index (χ1n) is 12.2. The predicted octanol–water partition coefficient (Wildman–Crippen LogP) is 6.15. The number of hydrogen-bond acceptors (Lipinski definition) is 7. The summed E-state index contributed by atoms with van der Waals surface area (Å²) in [5.41, 5.74) is 4.21. The van der Waals surface area contributed by atoms with E-state index < -0.39 is 5.91 Å². The molecule has 39 heavy (non-hydrogen) atoms. The van der Waals surface area contributed by atoms with Crippen LogP contribution in [0.4, 0.5) is 17.1 Å². The van der Waals surface area contributed by atoms with Gasteiger partial charge in [0.2, 0.25) is 5.91 Å². The zero-order valence-corrected chi connectivity index (χ0v) is 22.6. The summed E-state index contributed by atoms with van der Waals surface area (Å²) in [4.78, 5) is 18.6. The molecular weight excluding hydrogens is 514 g/mol. The third-order valence-electron chi connectivity index (χ3n) is 5.95. The Bertz CT molecular complexity index is 1590. The van der Waals surface area contributed by atoms with E-state index >= 15 is 0 Å². The third-order valence-corrected chi connectivity index (χ3v) is 6.24. The highest BCUT2D eigenvalue weighted by Crippen LogP contribution is 2.37. The minimum absolute atomic E-state index is 0.141. The number of nitrogens with zero attached hydrogens (tertiary/aromatic N) is 3. The predicted molar refractivity (Wildman–Crippen MR) is 155 cm³/mol. The first kappa shape index (κ1) is 27.5. The van der Waals surface area contributed by atoms with Gasteiger partial charge in [-0.2, -0.15) is 5.26 Å². The summed E-state index contributed by atoms with van der Waals surface area (Å²) in [5.74, 6) is -0.000468. The molecule has 1 heterocycles. The van der Waals surface area contributed by atoms with Gasteiger partial charge in [-0.05, 0) is 56.4 Å². The van der Waals surface area contributed by atoms with E-state index in [2.05, 4.69) is 21.7 Å². The molecule has 0 aliphatic carbocycles. The minimum Gasteiger partial charge on any atom is -0.506 e. The quantitative estimate of drug-likeness (QED) is 0.172. The van der Waals surface area contributed by atoms with Gasteiger partial charge < -0.3 is 25.4 Å². The van der Waals surface area contributed by atoms with E-state index in [1.54, 1.807) is 30.3 Å². The standard InChI is InChI=1S/C30H28ClN5O3/c1-19-7-4-5-8-20(19)18-39-28-11-10-22(13-24(28)31)34-30-21(16-32)17-33-25-15-27(37)26(14-23(25)30)35-29(38)9-6-12-36(2)3/h4-11,13-15,17,37H,12,18H2,1-3H3,(H,33,34)(H,35,38)/b9-6+. The van der Waals surface area contributed by atoms with E-state index in [1.165, 1.54) is 18.3 Å². The maximum Gasteiger partial charge on any atom is 0.248 e. The summed E-state index contributed by atoms with van der Waals surface area (Å²) in [6.45, 7) is 3.01. The number of amides is 1. The van der Waals surface area contributed by atoms with E-state index in [9.17, 15) is 15.2 Å². The minimum atomic E-state index is -0.390. The maximum atomic E-state index is 12.4. The molecule has 0 unspecified atom stereocenters. The summed E-state index contributed by atoms with van der Waals surface area (Å²) >= 11 is 6.53. The number of aromatic nitrogens is 1. The number of hydrogen-bond donors (Lipinski definition) is 3. The number of anilines is 3. The van der Waals surface area contributed by atoms with Crippen molar-refractivity contribution in [3.63, 3.8) is 0 Å². The van der Waals surface area contributed by atoms with Crippen molar-refractivity contribution >= 4 is 45.5 Å². The molecule has 0 saturated heterocycles. The number of halogens is 1. The lowest BCUT2D eigenvalue weighted by Gasteiger charge is -2.15. The number of rotatable bonds is 9. The van der Waals surface area contributed by atoms with E-state index in [1.807, 2.05) is 50.2 Å². The van der Waals surface area contributed by atoms with Crippen LogP contribution in [0.25, 0.3) is 10.9 Å².